The minimum absolute atomic E-state index is 0.770. The predicted molar refractivity (Wildman–Crippen MR) is 94.8 cm³/mol. The molecule has 0 unspecified atom stereocenters. The van der Waals surface area contributed by atoms with Crippen molar-refractivity contribution in [1.82, 2.24) is 9.88 Å². The highest BCUT2D eigenvalue weighted by Gasteiger charge is 2.14. The molecular formula is C18H17N3S. The van der Waals surface area contributed by atoms with Crippen molar-refractivity contribution in [2.24, 2.45) is 4.99 Å². The Morgan fingerprint density at radius 3 is 2.09 bits per heavy atom. The molecule has 3 aromatic rings. The molecule has 0 bridgehead atoms. The van der Waals surface area contributed by atoms with Crippen LogP contribution >= 0.6 is 11.3 Å². The van der Waals surface area contributed by atoms with E-state index in [0.717, 1.165) is 21.3 Å². The van der Waals surface area contributed by atoms with E-state index in [0.29, 0.717) is 0 Å². The van der Waals surface area contributed by atoms with Gasteiger partial charge in [0.25, 0.3) is 0 Å². The quantitative estimate of drug-likeness (QED) is 0.516. The molecule has 1 heterocycles. The highest BCUT2D eigenvalue weighted by Crippen LogP contribution is 2.39. The van der Waals surface area contributed by atoms with Gasteiger partial charge >= 0.3 is 0 Å². The maximum atomic E-state index is 4.72. The first-order chi connectivity index (χ1) is 10.7. The Morgan fingerprint density at radius 2 is 1.50 bits per heavy atom. The van der Waals surface area contributed by atoms with Crippen LogP contribution < -0.4 is 0 Å². The van der Waals surface area contributed by atoms with Crippen LogP contribution in [0.25, 0.3) is 21.7 Å². The summed E-state index contributed by atoms with van der Waals surface area (Å²) in [5.74, 6) is 0. The van der Waals surface area contributed by atoms with Crippen LogP contribution in [0.3, 0.4) is 0 Å². The zero-order valence-electron chi connectivity index (χ0n) is 12.6. The van der Waals surface area contributed by atoms with E-state index in [1.54, 1.807) is 17.7 Å². The second-order valence-electron chi connectivity index (χ2n) is 5.11. The molecule has 2 aromatic carbocycles. The number of aromatic nitrogens is 1. The summed E-state index contributed by atoms with van der Waals surface area (Å²) in [6.07, 6.45) is 1.78. The van der Waals surface area contributed by atoms with Crippen molar-refractivity contribution in [3.63, 3.8) is 0 Å². The zero-order chi connectivity index (χ0) is 15.4. The summed E-state index contributed by atoms with van der Waals surface area (Å²) in [5, 5.41) is 0.770. The molecule has 0 aliphatic rings. The van der Waals surface area contributed by atoms with E-state index < -0.39 is 0 Å². The molecular weight excluding hydrogens is 290 g/mol. The van der Waals surface area contributed by atoms with Gasteiger partial charge in [-0.2, -0.15) is 0 Å². The Balaban J connectivity index is 2.10. The molecule has 0 fully saturated rings. The van der Waals surface area contributed by atoms with Gasteiger partial charge in [-0.15, -0.1) is 0 Å². The summed E-state index contributed by atoms with van der Waals surface area (Å²) >= 11 is 1.61. The third-order valence-electron chi connectivity index (χ3n) is 3.10. The monoisotopic (exact) mass is 307 g/mol. The zero-order valence-corrected chi connectivity index (χ0v) is 13.4. The smallest absolute Gasteiger partial charge is 0.211 e. The van der Waals surface area contributed by atoms with Crippen molar-refractivity contribution in [1.29, 1.82) is 0 Å². The van der Waals surface area contributed by atoms with E-state index in [-0.39, 0.29) is 0 Å². The minimum atomic E-state index is 0.770. The fourth-order valence-electron chi connectivity index (χ4n) is 2.11. The summed E-state index contributed by atoms with van der Waals surface area (Å²) < 4.78 is 0. The van der Waals surface area contributed by atoms with Gasteiger partial charge in [-0.3, -0.25) is 0 Å². The van der Waals surface area contributed by atoms with Crippen molar-refractivity contribution in [2.45, 2.75) is 0 Å². The van der Waals surface area contributed by atoms with E-state index in [9.17, 15) is 0 Å². The number of nitrogens with zero attached hydrogens (tertiary/aromatic N) is 3. The standard InChI is InChI=1S/C18H17N3S/c1-21(2)13-19-18-20-16(14-9-5-3-6-10-14)17(22-18)15-11-7-4-8-12-15/h3-13H,1-2H3/b19-13+. The Bertz CT molecular complexity index is 705. The predicted octanol–water partition coefficient (Wildman–Crippen LogP) is 4.70. The normalized spacial score (nSPS) is 11.0. The number of benzene rings is 2. The lowest BCUT2D eigenvalue weighted by molar-refractivity contribution is 0.643. The number of thiazole rings is 1. The van der Waals surface area contributed by atoms with Crippen molar-refractivity contribution in [2.75, 3.05) is 14.1 Å². The van der Waals surface area contributed by atoms with Crippen LogP contribution in [0.2, 0.25) is 0 Å². The summed E-state index contributed by atoms with van der Waals surface area (Å²) in [4.78, 5) is 12.2. The van der Waals surface area contributed by atoms with Gasteiger partial charge < -0.3 is 4.90 Å². The van der Waals surface area contributed by atoms with E-state index >= 15 is 0 Å². The van der Waals surface area contributed by atoms with Crippen LogP contribution in [0.15, 0.2) is 65.7 Å². The molecule has 1 aromatic heterocycles. The molecule has 0 radical (unpaired) electrons. The fraction of sp³-hybridized carbons (Fsp3) is 0.111. The molecule has 0 aliphatic heterocycles. The molecule has 0 atom stereocenters. The van der Waals surface area contributed by atoms with E-state index in [4.69, 9.17) is 4.98 Å². The van der Waals surface area contributed by atoms with Crippen molar-refractivity contribution in [3.05, 3.63) is 60.7 Å². The summed E-state index contributed by atoms with van der Waals surface area (Å²) in [6, 6.07) is 20.6. The maximum absolute atomic E-state index is 4.72. The lowest BCUT2D eigenvalue weighted by atomic mass is 10.1. The first-order valence-corrected chi connectivity index (χ1v) is 7.88. The van der Waals surface area contributed by atoms with Crippen LogP contribution in [0.5, 0.6) is 0 Å². The van der Waals surface area contributed by atoms with Gasteiger partial charge in [0.1, 0.15) is 0 Å². The van der Waals surface area contributed by atoms with Gasteiger partial charge in [-0.1, -0.05) is 72.0 Å². The van der Waals surface area contributed by atoms with Gasteiger partial charge in [0, 0.05) is 19.7 Å². The van der Waals surface area contributed by atoms with Gasteiger partial charge in [0.15, 0.2) is 0 Å². The summed E-state index contributed by atoms with van der Waals surface area (Å²) in [6.45, 7) is 0. The highest BCUT2D eigenvalue weighted by atomic mass is 32.1. The number of hydrogen-bond donors (Lipinski definition) is 0. The Kier molecular flexibility index (Phi) is 4.30. The first kappa shape index (κ1) is 14.5. The van der Waals surface area contributed by atoms with Gasteiger partial charge in [0.05, 0.1) is 16.9 Å². The van der Waals surface area contributed by atoms with E-state index in [1.165, 1.54) is 5.56 Å². The second kappa shape index (κ2) is 6.54. The van der Waals surface area contributed by atoms with Crippen LogP contribution in [-0.4, -0.2) is 30.3 Å². The van der Waals surface area contributed by atoms with Crippen LogP contribution in [0.1, 0.15) is 0 Å². The molecule has 22 heavy (non-hydrogen) atoms. The fourth-order valence-corrected chi connectivity index (χ4v) is 3.04. The van der Waals surface area contributed by atoms with E-state index in [1.807, 2.05) is 55.4 Å². The minimum Gasteiger partial charge on any atom is -0.369 e. The van der Waals surface area contributed by atoms with Crippen LogP contribution in [0.4, 0.5) is 5.13 Å². The molecule has 3 nitrogen and oxygen atoms in total. The molecule has 0 saturated heterocycles. The molecule has 0 amide bonds. The highest BCUT2D eigenvalue weighted by molar-refractivity contribution is 7.19. The SMILES string of the molecule is CN(C)/C=N/c1nc(-c2ccccc2)c(-c2ccccc2)s1. The number of rotatable bonds is 4. The lowest BCUT2D eigenvalue weighted by Gasteiger charge is -2.02. The first-order valence-electron chi connectivity index (χ1n) is 7.06. The van der Waals surface area contributed by atoms with Gasteiger partial charge in [0.2, 0.25) is 5.13 Å². The molecule has 110 valence electrons. The van der Waals surface area contributed by atoms with Crippen LogP contribution in [0, 0.1) is 0 Å². The van der Waals surface area contributed by atoms with Crippen molar-refractivity contribution in [3.8, 4) is 21.7 Å². The summed E-state index contributed by atoms with van der Waals surface area (Å²) in [5.41, 5.74) is 3.27. The third kappa shape index (κ3) is 3.23. The summed E-state index contributed by atoms with van der Waals surface area (Å²) in [7, 11) is 3.90. The maximum Gasteiger partial charge on any atom is 0.211 e. The van der Waals surface area contributed by atoms with Gasteiger partial charge in [-0.05, 0) is 5.56 Å². The van der Waals surface area contributed by atoms with Crippen molar-refractivity contribution < 1.29 is 0 Å². The van der Waals surface area contributed by atoms with E-state index in [2.05, 4.69) is 29.3 Å². The topological polar surface area (TPSA) is 28.5 Å². The molecule has 3 rings (SSSR count). The number of aliphatic imine (C=N–C) groups is 1. The average molecular weight is 307 g/mol. The Morgan fingerprint density at radius 1 is 0.909 bits per heavy atom. The molecule has 0 saturated carbocycles. The number of hydrogen-bond acceptors (Lipinski definition) is 3. The second-order valence-corrected chi connectivity index (χ2v) is 6.09. The molecule has 4 heteroatoms. The molecule has 0 spiro atoms. The molecule has 0 aliphatic carbocycles. The van der Waals surface area contributed by atoms with Gasteiger partial charge in [-0.25, -0.2) is 9.98 Å². The Labute approximate surface area is 134 Å². The van der Waals surface area contributed by atoms with Crippen molar-refractivity contribution >= 4 is 22.8 Å². The van der Waals surface area contributed by atoms with Crippen LogP contribution in [-0.2, 0) is 0 Å². The largest absolute Gasteiger partial charge is 0.369 e. The average Bonchev–Trinajstić information content (AvgIpc) is 2.99. The lowest BCUT2D eigenvalue weighted by Crippen LogP contribution is -2.06. The third-order valence-corrected chi connectivity index (χ3v) is 4.11. The molecule has 0 N–H and O–H groups in total. The Hall–Kier alpha value is -2.46.